The maximum Gasteiger partial charge on any atom is 0.150 e. The molecule has 17 heavy (non-hydrogen) atoms. The van der Waals surface area contributed by atoms with Crippen molar-refractivity contribution >= 4 is 22.2 Å². The van der Waals surface area contributed by atoms with Crippen molar-refractivity contribution in [1.29, 1.82) is 0 Å². The third-order valence-electron chi connectivity index (χ3n) is 3.26. The molecule has 1 aliphatic heterocycles. The Balaban J connectivity index is 2.07. The van der Waals surface area contributed by atoms with Crippen LogP contribution in [0.2, 0.25) is 0 Å². The molecule has 0 N–H and O–H groups in total. The predicted octanol–water partition coefficient (Wildman–Crippen LogP) is 3.49. The van der Waals surface area contributed by atoms with E-state index in [-0.39, 0.29) is 0 Å². The van der Waals surface area contributed by atoms with Gasteiger partial charge in [-0.1, -0.05) is 22.9 Å². The summed E-state index contributed by atoms with van der Waals surface area (Å²) in [4.78, 5) is 13.3. The number of nitrogens with zero attached hydrogens (tertiary/aromatic N) is 1. The number of rotatable bonds is 3. The second-order valence-electron chi connectivity index (χ2n) is 4.99. The van der Waals surface area contributed by atoms with Gasteiger partial charge in [0.1, 0.15) is 6.29 Å². The lowest BCUT2D eigenvalue weighted by Gasteiger charge is -2.30. The van der Waals surface area contributed by atoms with Crippen molar-refractivity contribution in [3.8, 4) is 0 Å². The minimum atomic E-state index is 0.749. The van der Waals surface area contributed by atoms with Crippen LogP contribution >= 0.6 is 15.9 Å². The fourth-order valence-electron chi connectivity index (χ4n) is 2.52. The summed E-state index contributed by atoms with van der Waals surface area (Å²) in [6.07, 6.45) is 3.54. The van der Waals surface area contributed by atoms with Gasteiger partial charge < -0.3 is 0 Å². The first-order chi connectivity index (χ1) is 8.17. The van der Waals surface area contributed by atoms with E-state index in [0.717, 1.165) is 28.8 Å². The van der Waals surface area contributed by atoms with Crippen LogP contribution in [0.3, 0.4) is 0 Å². The van der Waals surface area contributed by atoms with Crippen molar-refractivity contribution < 1.29 is 4.79 Å². The second kappa shape index (κ2) is 5.78. The van der Waals surface area contributed by atoms with Crippen molar-refractivity contribution in [2.75, 3.05) is 13.1 Å². The molecule has 0 aromatic heterocycles. The summed E-state index contributed by atoms with van der Waals surface area (Å²) >= 11 is 3.45. The number of carbonyl (C=O) groups is 1. The Morgan fingerprint density at radius 2 is 2.29 bits per heavy atom. The highest BCUT2D eigenvalue weighted by Crippen LogP contribution is 2.20. The van der Waals surface area contributed by atoms with Gasteiger partial charge in [-0.2, -0.15) is 0 Å². The fraction of sp³-hybridized carbons (Fsp3) is 0.500. The minimum absolute atomic E-state index is 0.749. The maximum atomic E-state index is 10.8. The Labute approximate surface area is 111 Å². The SMILES string of the molecule is C[C@H]1CCCN(Cc2cc(Br)cc(C=O)c2)C1. The van der Waals surface area contributed by atoms with E-state index in [2.05, 4.69) is 33.8 Å². The number of halogens is 1. The van der Waals surface area contributed by atoms with Crippen LogP contribution in [0.15, 0.2) is 22.7 Å². The molecule has 0 aliphatic carbocycles. The predicted molar refractivity (Wildman–Crippen MR) is 73.2 cm³/mol. The molecule has 1 heterocycles. The Morgan fingerprint density at radius 1 is 1.47 bits per heavy atom. The number of likely N-dealkylation sites (tertiary alicyclic amines) is 1. The van der Waals surface area contributed by atoms with Crippen molar-refractivity contribution in [2.24, 2.45) is 5.92 Å². The summed E-state index contributed by atoms with van der Waals surface area (Å²) in [6.45, 7) is 5.60. The lowest BCUT2D eigenvalue weighted by atomic mass is 9.99. The van der Waals surface area contributed by atoms with Gasteiger partial charge >= 0.3 is 0 Å². The van der Waals surface area contributed by atoms with Crippen molar-refractivity contribution in [2.45, 2.75) is 26.3 Å². The van der Waals surface area contributed by atoms with E-state index in [1.165, 1.54) is 31.5 Å². The molecule has 1 atom stereocenters. The summed E-state index contributed by atoms with van der Waals surface area (Å²) in [6, 6.07) is 5.94. The van der Waals surface area contributed by atoms with Crippen LogP contribution in [-0.2, 0) is 6.54 Å². The fourth-order valence-corrected chi connectivity index (χ4v) is 3.08. The van der Waals surface area contributed by atoms with E-state index >= 15 is 0 Å². The van der Waals surface area contributed by atoms with Gasteiger partial charge in [-0.3, -0.25) is 9.69 Å². The average molecular weight is 296 g/mol. The van der Waals surface area contributed by atoms with Gasteiger partial charge in [0.2, 0.25) is 0 Å². The van der Waals surface area contributed by atoms with Crippen LogP contribution in [0.25, 0.3) is 0 Å². The normalized spacial score (nSPS) is 21.4. The number of piperidine rings is 1. The molecule has 0 bridgehead atoms. The van der Waals surface area contributed by atoms with Crippen LogP contribution < -0.4 is 0 Å². The molecule has 2 rings (SSSR count). The zero-order valence-electron chi connectivity index (χ0n) is 10.2. The molecule has 1 saturated heterocycles. The Morgan fingerprint density at radius 3 is 3.00 bits per heavy atom. The van der Waals surface area contributed by atoms with Crippen LogP contribution in [0, 0.1) is 5.92 Å². The smallest absolute Gasteiger partial charge is 0.150 e. The number of hydrogen-bond donors (Lipinski definition) is 0. The lowest BCUT2D eigenvalue weighted by molar-refractivity contribution is 0.112. The van der Waals surface area contributed by atoms with E-state index in [4.69, 9.17) is 0 Å². The average Bonchev–Trinajstić information content (AvgIpc) is 2.28. The molecule has 3 heteroatoms. The van der Waals surface area contributed by atoms with Gasteiger partial charge in [-0.05, 0) is 49.1 Å². The first kappa shape index (κ1) is 12.8. The van der Waals surface area contributed by atoms with Gasteiger partial charge in [0.25, 0.3) is 0 Å². The molecule has 1 fully saturated rings. The molecule has 0 radical (unpaired) electrons. The highest BCUT2D eigenvalue weighted by atomic mass is 79.9. The number of hydrogen-bond acceptors (Lipinski definition) is 2. The Bertz CT molecular complexity index is 405. The van der Waals surface area contributed by atoms with E-state index in [1.54, 1.807) is 0 Å². The molecule has 1 aromatic carbocycles. The summed E-state index contributed by atoms with van der Waals surface area (Å²) in [7, 11) is 0. The molecule has 2 nitrogen and oxygen atoms in total. The number of benzene rings is 1. The largest absolute Gasteiger partial charge is 0.299 e. The number of carbonyl (C=O) groups excluding carboxylic acids is 1. The monoisotopic (exact) mass is 295 g/mol. The zero-order chi connectivity index (χ0) is 12.3. The highest BCUT2D eigenvalue weighted by molar-refractivity contribution is 9.10. The molecule has 0 saturated carbocycles. The van der Waals surface area contributed by atoms with Crippen molar-refractivity contribution in [3.63, 3.8) is 0 Å². The van der Waals surface area contributed by atoms with E-state index in [1.807, 2.05) is 12.1 Å². The topological polar surface area (TPSA) is 20.3 Å². The second-order valence-corrected chi connectivity index (χ2v) is 5.91. The molecule has 0 unspecified atom stereocenters. The van der Waals surface area contributed by atoms with Crippen LogP contribution in [0.5, 0.6) is 0 Å². The zero-order valence-corrected chi connectivity index (χ0v) is 11.7. The molecule has 0 amide bonds. The van der Waals surface area contributed by atoms with Gasteiger partial charge in [0.15, 0.2) is 0 Å². The first-order valence-corrected chi connectivity index (χ1v) is 6.93. The minimum Gasteiger partial charge on any atom is -0.299 e. The molecular weight excluding hydrogens is 278 g/mol. The summed E-state index contributed by atoms with van der Waals surface area (Å²) in [5, 5.41) is 0. The molecular formula is C14H18BrNO. The summed E-state index contributed by atoms with van der Waals surface area (Å²) < 4.78 is 0.988. The third kappa shape index (κ3) is 3.65. The van der Waals surface area contributed by atoms with E-state index in [0.29, 0.717) is 0 Å². The van der Waals surface area contributed by atoms with Crippen molar-refractivity contribution in [3.05, 3.63) is 33.8 Å². The first-order valence-electron chi connectivity index (χ1n) is 6.14. The molecule has 1 aliphatic rings. The Hall–Kier alpha value is -0.670. The van der Waals surface area contributed by atoms with Crippen LogP contribution in [0.4, 0.5) is 0 Å². The van der Waals surface area contributed by atoms with Crippen LogP contribution in [-0.4, -0.2) is 24.3 Å². The van der Waals surface area contributed by atoms with E-state index < -0.39 is 0 Å². The molecule has 92 valence electrons. The molecule has 1 aromatic rings. The highest BCUT2D eigenvalue weighted by Gasteiger charge is 2.16. The van der Waals surface area contributed by atoms with E-state index in [9.17, 15) is 4.79 Å². The lowest BCUT2D eigenvalue weighted by Crippen LogP contribution is -2.33. The van der Waals surface area contributed by atoms with Gasteiger partial charge in [-0.25, -0.2) is 0 Å². The summed E-state index contributed by atoms with van der Waals surface area (Å²) in [5.41, 5.74) is 1.97. The molecule has 0 spiro atoms. The van der Waals surface area contributed by atoms with Gasteiger partial charge in [0, 0.05) is 23.1 Å². The number of aldehydes is 1. The van der Waals surface area contributed by atoms with Crippen molar-refractivity contribution in [1.82, 2.24) is 4.90 Å². The Kier molecular flexibility index (Phi) is 4.35. The standard InChI is InChI=1S/C14H18BrNO/c1-11-3-2-4-16(8-11)9-12-5-13(10-17)7-14(15)6-12/h5-7,10-11H,2-4,8-9H2,1H3/t11-/m0/s1. The third-order valence-corrected chi connectivity index (χ3v) is 3.72. The summed E-state index contributed by atoms with van der Waals surface area (Å²) in [5.74, 6) is 0.793. The quantitative estimate of drug-likeness (QED) is 0.796. The van der Waals surface area contributed by atoms with Gasteiger partial charge in [-0.15, -0.1) is 0 Å². The van der Waals surface area contributed by atoms with Gasteiger partial charge in [0.05, 0.1) is 0 Å². The maximum absolute atomic E-state index is 10.8. The van der Waals surface area contributed by atoms with Crippen LogP contribution in [0.1, 0.15) is 35.7 Å².